The number of hydrogen-bond donors (Lipinski definition) is 0. The van der Waals surface area contributed by atoms with Crippen LogP contribution in [0.15, 0.2) is 29.5 Å². The zero-order chi connectivity index (χ0) is 9.14. The largest absolute Gasteiger partial charge is 0.0879 e. The zero-order valence-corrected chi connectivity index (χ0v) is 8.94. The van der Waals surface area contributed by atoms with Gasteiger partial charge in [0.1, 0.15) is 0 Å². The molecule has 0 aromatic heterocycles. The first-order chi connectivity index (χ1) is 5.63. The Labute approximate surface area is 81.7 Å². The van der Waals surface area contributed by atoms with E-state index >= 15 is 0 Å². The summed E-state index contributed by atoms with van der Waals surface area (Å²) in [4.78, 5) is 0. The van der Waals surface area contributed by atoms with Crippen molar-refractivity contribution in [2.75, 3.05) is 0 Å². The fraction of sp³-hybridized carbons (Fsp3) is 0.200. The molecule has 0 heterocycles. The Kier molecular flexibility index (Phi) is 3.12. The van der Waals surface area contributed by atoms with Gasteiger partial charge in [-0.05, 0) is 31.1 Å². The molecule has 0 nitrogen and oxygen atoms in total. The Morgan fingerprint density at radius 1 is 1.25 bits per heavy atom. The fourth-order valence-electron chi connectivity index (χ4n) is 0.967. The molecule has 0 spiro atoms. The molecule has 1 aromatic carbocycles. The summed E-state index contributed by atoms with van der Waals surface area (Å²) in [5.74, 6) is 0. The van der Waals surface area contributed by atoms with E-state index in [0.29, 0.717) is 0 Å². The Morgan fingerprint density at radius 3 is 2.33 bits per heavy atom. The van der Waals surface area contributed by atoms with Crippen molar-refractivity contribution < 1.29 is 0 Å². The lowest BCUT2D eigenvalue weighted by Gasteiger charge is -2.05. The number of rotatable bonds is 1. The molecule has 2 heteroatoms. The molecule has 0 unspecified atom stereocenters. The summed E-state index contributed by atoms with van der Waals surface area (Å²) >= 11 is 6.01. The van der Waals surface area contributed by atoms with Crippen LogP contribution in [-0.4, -0.2) is 10.2 Å². The summed E-state index contributed by atoms with van der Waals surface area (Å²) in [5.41, 5.74) is 2.27. The summed E-state index contributed by atoms with van der Waals surface area (Å²) in [6, 6.07) is 7.83. The van der Waals surface area contributed by atoms with Gasteiger partial charge in [-0.2, -0.15) is 0 Å². The summed E-state index contributed by atoms with van der Waals surface area (Å²) in [5, 5.41) is 1.91. The molecular formula is C10H10ClSi. The molecule has 0 aliphatic carbocycles. The molecule has 3 radical (unpaired) electrons. The summed E-state index contributed by atoms with van der Waals surface area (Å²) in [6.45, 7) is 4.05. The average molecular weight is 194 g/mol. The molecule has 0 fully saturated rings. The minimum Gasteiger partial charge on any atom is -0.0879 e. The first kappa shape index (κ1) is 9.55. The van der Waals surface area contributed by atoms with Gasteiger partial charge in [0.15, 0.2) is 0 Å². The Morgan fingerprint density at radius 2 is 1.83 bits per heavy atom. The summed E-state index contributed by atoms with van der Waals surface area (Å²) in [7, 11) is 3.48. The monoisotopic (exact) mass is 193 g/mol. The predicted molar refractivity (Wildman–Crippen MR) is 55.5 cm³/mol. The number of halogens is 1. The quantitative estimate of drug-likeness (QED) is 0.601. The van der Waals surface area contributed by atoms with E-state index in [1.165, 1.54) is 5.57 Å². The molecule has 1 aromatic rings. The van der Waals surface area contributed by atoms with Gasteiger partial charge >= 0.3 is 0 Å². The van der Waals surface area contributed by atoms with Crippen LogP contribution in [0.3, 0.4) is 0 Å². The number of hydrogen-bond acceptors (Lipinski definition) is 0. The predicted octanol–water partition coefficient (Wildman–Crippen LogP) is 3.26. The topological polar surface area (TPSA) is 0 Å². The van der Waals surface area contributed by atoms with E-state index in [1.807, 2.05) is 38.1 Å². The van der Waals surface area contributed by atoms with Gasteiger partial charge < -0.3 is 0 Å². The third-order valence-corrected chi connectivity index (χ3v) is 2.54. The average Bonchev–Trinajstić information content (AvgIpc) is 2.04. The van der Waals surface area contributed by atoms with Crippen molar-refractivity contribution >= 4 is 27.4 Å². The van der Waals surface area contributed by atoms with Crippen LogP contribution in [0.25, 0.3) is 5.57 Å². The van der Waals surface area contributed by atoms with Crippen LogP contribution in [0.4, 0.5) is 0 Å². The van der Waals surface area contributed by atoms with Gasteiger partial charge in [-0.15, -0.1) is 0 Å². The van der Waals surface area contributed by atoms with E-state index in [1.54, 1.807) is 0 Å². The second-order valence-electron chi connectivity index (χ2n) is 2.73. The highest BCUT2D eigenvalue weighted by Crippen LogP contribution is 2.24. The van der Waals surface area contributed by atoms with E-state index in [4.69, 9.17) is 11.6 Å². The summed E-state index contributed by atoms with van der Waals surface area (Å²) < 4.78 is 0. The molecule has 1 rings (SSSR count). The highest BCUT2D eigenvalue weighted by Gasteiger charge is 2.01. The third kappa shape index (κ3) is 1.99. The van der Waals surface area contributed by atoms with Crippen molar-refractivity contribution in [3.8, 4) is 0 Å². The van der Waals surface area contributed by atoms with Crippen molar-refractivity contribution in [3.63, 3.8) is 0 Å². The molecule has 61 valence electrons. The van der Waals surface area contributed by atoms with Gasteiger partial charge in [-0.1, -0.05) is 35.0 Å². The van der Waals surface area contributed by atoms with Crippen LogP contribution in [-0.2, 0) is 0 Å². The fourth-order valence-corrected chi connectivity index (χ4v) is 1.38. The van der Waals surface area contributed by atoms with Crippen LogP contribution >= 0.6 is 11.6 Å². The lowest BCUT2D eigenvalue weighted by atomic mass is 10.1. The highest BCUT2D eigenvalue weighted by molar-refractivity contribution is 6.33. The molecule has 0 saturated heterocycles. The molecule has 0 amide bonds. The standard InChI is InChI=1S/C10H10ClSi/c1-7(8(2)12)9-5-3-4-6-10(9)11/h3-6H,1-2H3. The molecular weight excluding hydrogens is 184 g/mol. The highest BCUT2D eigenvalue weighted by atomic mass is 35.5. The minimum atomic E-state index is 0.799. The molecule has 0 saturated carbocycles. The van der Waals surface area contributed by atoms with Crippen molar-refractivity contribution in [2.24, 2.45) is 0 Å². The molecule has 0 N–H and O–H groups in total. The molecule has 12 heavy (non-hydrogen) atoms. The van der Waals surface area contributed by atoms with Crippen LogP contribution in [0.5, 0.6) is 0 Å². The van der Waals surface area contributed by atoms with E-state index in [2.05, 4.69) is 10.2 Å². The Balaban J connectivity index is 3.21. The van der Waals surface area contributed by atoms with Crippen LogP contribution < -0.4 is 0 Å². The van der Waals surface area contributed by atoms with Gasteiger partial charge in [0, 0.05) is 5.02 Å². The van der Waals surface area contributed by atoms with Crippen LogP contribution in [0, 0.1) is 0 Å². The second-order valence-corrected chi connectivity index (χ2v) is 3.89. The van der Waals surface area contributed by atoms with Gasteiger partial charge in [-0.3, -0.25) is 0 Å². The molecule has 0 atom stereocenters. The van der Waals surface area contributed by atoms with Crippen molar-refractivity contribution in [1.82, 2.24) is 0 Å². The van der Waals surface area contributed by atoms with Crippen LogP contribution in [0.2, 0.25) is 5.02 Å². The third-order valence-electron chi connectivity index (χ3n) is 1.84. The summed E-state index contributed by atoms with van der Waals surface area (Å²) in [6.07, 6.45) is 0. The second kappa shape index (κ2) is 3.92. The van der Waals surface area contributed by atoms with Gasteiger partial charge in [0.2, 0.25) is 0 Å². The lowest BCUT2D eigenvalue weighted by molar-refractivity contribution is 1.52. The van der Waals surface area contributed by atoms with E-state index in [9.17, 15) is 0 Å². The zero-order valence-electron chi connectivity index (χ0n) is 7.19. The maximum Gasteiger partial charge on any atom is 0.0650 e. The van der Waals surface area contributed by atoms with E-state index in [-0.39, 0.29) is 0 Å². The first-order valence-electron chi connectivity index (χ1n) is 3.77. The number of allylic oxidation sites excluding steroid dienone is 2. The van der Waals surface area contributed by atoms with Crippen LogP contribution in [0.1, 0.15) is 19.4 Å². The van der Waals surface area contributed by atoms with E-state index in [0.717, 1.165) is 15.8 Å². The normalized spacial score (nSPS) is 12.7. The Hall–Kier alpha value is -0.533. The number of benzene rings is 1. The van der Waals surface area contributed by atoms with Crippen molar-refractivity contribution in [3.05, 3.63) is 40.0 Å². The van der Waals surface area contributed by atoms with E-state index < -0.39 is 0 Å². The first-order valence-corrected chi connectivity index (χ1v) is 4.64. The van der Waals surface area contributed by atoms with Gasteiger partial charge in [-0.25, -0.2) is 0 Å². The lowest BCUT2D eigenvalue weighted by Crippen LogP contribution is -1.85. The SMILES string of the molecule is CC([Si])=C(C)c1ccccc1Cl. The molecule has 0 bridgehead atoms. The smallest absolute Gasteiger partial charge is 0.0650 e. The van der Waals surface area contributed by atoms with Gasteiger partial charge in [0.25, 0.3) is 0 Å². The molecule has 0 aliphatic heterocycles. The van der Waals surface area contributed by atoms with Crippen molar-refractivity contribution in [1.29, 1.82) is 0 Å². The maximum atomic E-state index is 6.01. The maximum absolute atomic E-state index is 6.01. The molecule has 0 aliphatic rings. The van der Waals surface area contributed by atoms with Crippen molar-refractivity contribution in [2.45, 2.75) is 13.8 Å². The van der Waals surface area contributed by atoms with Gasteiger partial charge in [0.05, 0.1) is 10.2 Å². The minimum absolute atomic E-state index is 0.799. The Bertz CT molecular complexity index is 311.